The highest BCUT2D eigenvalue weighted by atomic mass is 35.5. The van der Waals surface area contributed by atoms with Gasteiger partial charge in [0.25, 0.3) is 5.91 Å². The van der Waals surface area contributed by atoms with E-state index >= 15 is 0 Å². The summed E-state index contributed by atoms with van der Waals surface area (Å²) in [5.41, 5.74) is 1.52. The Labute approximate surface area is 117 Å². The Morgan fingerprint density at radius 2 is 2.32 bits per heavy atom. The molecule has 0 radical (unpaired) electrons. The standard InChI is InChI=1S/C13H17ClN4O/c1-7(2)10-6-16-12(19)9-5-8(3)11(18(9)10)17-13(14)15-4/h5,7,10H,4,6H2,1-3H3,(H,16,19)/b17-13-. The van der Waals surface area contributed by atoms with Gasteiger partial charge in [-0.15, -0.1) is 0 Å². The molecule has 102 valence electrons. The topological polar surface area (TPSA) is 58.8 Å². The maximum absolute atomic E-state index is 11.9. The van der Waals surface area contributed by atoms with E-state index in [1.807, 2.05) is 17.6 Å². The van der Waals surface area contributed by atoms with Crippen LogP contribution < -0.4 is 5.32 Å². The molecular formula is C13H17ClN4O. The van der Waals surface area contributed by atoms with Crippen molar-refractivity contribution in [1.29, 1.82) is 0 Å². The molecule has 1 unspecified atom stereocenters. The van der Waals surface area contributed by atoms with E-state index in [1.54, 1.807) is 0 Å². The number of rotatable bonds is 2. The van der Waals surface area contributed by atoms with Crippen LogP contribution >= 0.6 is 11.6 Å². The summed E-state index contributed by atoms with van der Waals surface area (Å²) in [7, 11) is 0. The number of carbonyl (C=O) groups is 1. The van der Waals surface area contributed by atoms with E-state index in [1.165, 1.54) is 0 Å². The lowest BCUT2D eigenvalue weighted by atomic mass is 10.0. The predicted molar refractivity (Wildman–Crippen MR) is 77.9 cm³/mol. The largest absolute Gasteiger partial charge is 0.349 e. The summed E-state index contributed by atoms with van der Waals surface area (Å²) in [6.07, 6.45) is 0. The summed E-state index contributed by atoms with van der Waals surface area (Å²) in [5, 5.41) is 2.98. The summed E-state index contributed by atoms with van der Waals surface area (Å²) < 4.78 is 1.95. The third-order valence-electron chi connectivity index (χ3n) is 3.33. The number of aryl methyl sites for hydroxylation is 1. The highest BCUT2D eigenvalue weighted by Crippen LogP contribution is 2.33. The quantitative estimate of drug-likeness (QED) is 0.505. The molecule has 1 aliphatic rings. The molecule has 0 saturated carbocycles. The van der Waals surface area contributed by atoms with Gasteiger partial charge in [0.15, 0.2) is 0 Å². The van der Waals surface area contributed by atoms with E-state index in [-0.39, 0.29) is 17.2 Å². The third kappa shape index (κ3) is 2.42. The summed E-state index contributed by atoms with van der Waals surface area (Å²) in [6, 6.07) is 1.99. The lowest BCUT2D eigenvalue weighted by Gasteiger charge is -2.30. The van der Waals surface area contributed by atoms with E-state index in [4.69, 9.17) is 11.6 Å². The molecule has 0 saturated heterocycles. The van der Waals surface area contributed by atoms with Crippen LogP contribution in [0.25, 0.3) is 0 Å². The zero-order valence-electron chi connectivity index (χ0n) is 11.3. The molecule has 2 rings (SSSR count). The molecule has 1 N–H and O–H groups in total. The molecule has 2 heterocycles. The Bertz CT molecular complexity index is 559. The van der Waals surface area contributed by atoms with E-state index in [2.05, 4.69) is 35.9 Å². The van der Waals surface area contributed by atoms with Crippen molar-refractivity contribution < 1.29 is 4.79 Å². The molecule has 1 aromatic rings. The van der Waals surface area contributed by atoms with E-state index < -0.39 is 0 Å². The zero-order valence-corrected chi connectivity index (χ0v) is 12.0. The number of amidine groups is 1. The van der Waals surface area contributed by atoms with Crippen molar-refractivity contribution in [2.24, 2.45) is 15.9 Å². The third-order valence-corrected chi connectivity index (χ3v) is 3.53. The van der Waals surface area contributed by atoms with Crippen LogP contribution in [0.1, 0.15) is 35.9 Å². The van der Waals surface area contributed by atoms with Gasteiger partial charge in [-0.3, -0.25) is 4.79 Å². The number of hydrogen-bond acceptors (Lipinski definition) is 2. The van der Waals surface area contributed by atoms with Crippen molar-refractivity contribution in [2.45, 2.75) is 26.8 Å². The Balaban J connectivity index is 2.63. The van der Waals surface area contributed by atoms with Gasteiger partial charge in [0.1, 0.15) is 11.5 Å². The Kier molecular flexibility index (Phi) is 3.75. The number of aromatic nitrogens is 1. The van der Waals surface area contributed by atoms with Crippen LogP contribution in [-0.2, 0) is 0 Å². The normalized spacial score (nSPS) is 19.3. The van der Waals surface area contributed by atoms with Crippen LogP contribution in [0, 0.1) is 12.8 Å². The van der Waals surface area contributed by atoms with Gasteiger partial charge in [-0.05, 0) is 42.8 Å². The van der Waals surface area contributed by atoms with Crippen molar-refractivity contribution in [2.75, 3.05) is 6.54 Å². The predicted octanol–water partition coefficient (Wildman–Crippen LogP) is 2.66. The Morgan fingerprint density at radius 3 is 2.89 bits per heavy atom. The molecule has 0 fully saturated rings. The van der Waals surface area contributed by atoms with Crippen molar-refractivity contribution in [3.63, 3.8) is 0 Å². The molecule has 0 aromatic carbocycles. The molecule has 0 bridgehead atoms. The number of fused-ring (bicyclic) bond motifs is 1. The highest BCUT2D eigenvalue weighted by Gasteiger charge is 2.30. The minimum absolute atomic E-state index is 0.0795. The maximum Gasteiger partial charge on any atom is 0.268 e. The number of aliphatic imine (C=N–C) groups is 2. The van der Waals surface area contributed by atoms with Crippen LogP contribution in [0.5, 0.6) is 0 Å². The molecule has 1 aromatic heterocycles. The first-order chi connectivity index (χ1) is 8.95. The molecule has 1 amide bonds. The van der Waals surface area contributed by atoms with Crippen molar-refractivity contribution in [3.8, 4) is 0 Å². The average Bonchev–Trinajstić information content (AvgIpc) is 2.68. The fraction of sp³-hybridized carbons (Fsp3) is 0.462. The highest BCUT2D eigenvalue weighted by molar-refractivity contribution is 6.65. The summed E-state index contributed by atoms with van der Waals surface area (Å²) in [5.74, 6) is 0.973. The van der Waals surface area contributed by atoms with E-state index in [0.717, 1.165) is 5.56 Å². The molecule has 1 atom stereocenters. The Hall–Kier alpha value is -1.62. The van der Waals surface area contributed by atoms with Crippen LogP contribution in [0.2, 0.25) is 0 Å². The Morgan fingerprint density at radius 1 is 1.63 bits per heavy atom. The maximum atomic E-state index is 11.9. The van der Waals surface area contributed by atoms with Gasteiger partial charge in [-0.25, -0.2) is 9.98 Å². The first-order valence-corrected chi connectivity index (χ1v) is 6.54. The van der Waals surface area contributed by atoms with Gasteiger partial charge in [0.05, 0.1) is 6.04 Å². The molecule has 0 aliphatic carbocycles. The monoisotopic (exact) mass is 280 g/mol. The van der Waals surface area contributed by atoms with Crippen LogP contribution in [0.15, 0.2) is 16.1 Å². The van der Waals surface area contributed by atoms with Crippen molar-refractivity contribution in [1.82, 2.24) is 9.88 Å². The van der Waals surface area contributed by atoms with Gasteiger partial charge in [0.2, 0.25) is 5.29 Å². The fourth-order valence-electron chi connectivity index (χ4n) is 2.33. The summed E-state index contributed by atoms with van der Waals surface area (Å²) >= 11 is 5.84. The molecular weight excluding hydrogens is 264 g/mol. The number of hydrogen-bond donors (Lipinski definition) is 1. The van der Waals surface area contributed by atoms with Crippen LogP contribution in [0.4, 0.5) is 5.82 Å². The molecule has 19 heavy (non-hydrogen) atoms. The smallest absolute Gasteiger partial charge is 0.268 e. The minimum Gasteiger partial charge on any atom is -0.349 e. The number of nitrogens with one attached hydrogen (secondary N) is 1. The van der Waals surface area contributed by atoms with E-state index in [0.29, 0.717) is 24.0 Å². The van der Waals surface area contributed by atoms with Gasteiger partial charge < -0.3 is 9.88 Å². The van der Waals surface area contributed by atoms with Crippen LogP contribution in [0.3, 0.4) is 0 Å². The second-order valence-corrected chi connectivity index (χ2v) is 5.30. The average molecular weight is 281 g/mol. The molecule has 6 heteroatoms. The lowest BCUT2D eigenvalue weighted by Crippen LogP contribution is -2.40. The van der Waals surface area contributed by atoms with Gasteiger partial charge in [-0.1, -0.05) is 13.8 Å². The number of halogens is 1. The summed E-state index contributed by atoms with van der Waals surface area (Å²) in [6.45, 7) is 10.1. The van der Waals surface area contributed by atoms with Gasteiger partial charge in [0, 0.05) is 6.54 Å². The second kappa shape index (κ2) is 5.17. The number of carbonyl (C=O) groups excluding carboxylic acids is 1. The number of nitrogens with zero attached hydrogens (tertiary/aromatic N) is 3. The molecule has 5 nitrogen and oxygen atoms in total. The minimum atomic E-state index is -0.0795. The second-order valence-electron chi connectivity index (χ2n) is 4.97. The first-order valence-electron chi connectivity index (χ1n) is 6.16. The number of amides is 1. The summed E-state index contributed by atoms with van der Waals surface area (Å²) in [4.78, 5) is 19.8. The van der Waals surface area contributed by atoms with E-state index in [9.17, 15) is 4.79 Å². The van der Waals surface area contributed by atoms with Gasteiger partial charge >= 0.3 is 0 Å². The fourth-order valence-corrected chi connectivity index (χ4v) is 2.41. The SMILES string of the molecule is C=N/C(Cl)=N\c1c(C)cc2n1C(C(C)C)CNC2=O. The van der Waals surface area contributed by atoms with Crippen molar-refractivity contribution >= 4 is 35.3 Å². The zero-order chi connectivity index (χ0) is 14.2. The first kappa shape index (κ1) is 13.8. The van der Waals surface area contributed by atoms with Crippen LogP contribution in [-0.4, -0.2) is 29.0 Å². The molecule has 1 aliphatic heterocycles. The lowest BCUT2D eigenvalue weighted by molar-refractivity contribution is 0.0906. The van der Waals surface area contributed by atoms with Crippen molar-refractivity contribution in [3.05, 3.63) is 17.3 Å². The molecule has 0 spiro atoms. The van der Waals surface area contributed by atoms with Gasteiger partial charge in [-0.2, -0.15) is 0 Å².